The number of hydrogen-bond donors (Lipinski definition) is 1. The summed E-state index contributed by atoms with van der Waals surface area (Å²) in [5, 5.41) is -0.349. The maximum atomic E-state index is 14.1. The number of aromatic nitrogens is 2. The van der Waals surface area contributed by atoms with E-state index in [2.05, 4.69) is 72.7 Å². The lowest BCUT2D eigenvalue weighted by Crippen LogP contribution is -2.48. The van der Waals surface area contributed by atoms with E-state index in [1.165, 1.54) is 4.57 Å². The van der Waals surface area contributed by atoms with Crippen LogP contribution in [0.15, 0.2) is 15.8 Å². The van der Waals surface area contributed by atoms with Crippen LogP contribution >= 0.6 is 0 Å². The van der Waals surface area contributed by atoms with Gasteiger partial charge in [0, 0.05) is 18.2 Å². The summed E-state index contributed by atoms with van der Waals surface area (Å²) in [6.45, 7) is 25.9. The number of H-pyrrole nitrogens is 1. The smallest absolute Gasteiger partial charge is 0.329 e. The zero-order chi connectivity index (χ0) is 26.5. The number of nitrogens with one attached hydrogen (secondary N) is 1. The molecule has 0 spiro atoms. The molecule has 4 atom stereocenters. The number of nitrogens with zero attached hydrogens (tertiary/aromatic N) is 1. The van der Waals surface area contributed by atoms with Gasteiger partial charge in [0.25, 0.3) is 5.56 Å². The summed E-state index contributed by atoms with van der Waals surface area (Å²) in [6.07, 6.45) is 2.19. The minimum atomic E-state index is -2.18. The first-order valence-corrected chi connectivity index (χ1v) is 19.3. The Morgan fingerprint density at radius 1 is 1.09 bits per heavy atom. The molecule has 1 aliphatic heterocycles. The van der Waals surface area contributed by atoms with Gasteiger partial charge in [0.05, 0.1) is 28.8 Å². The Hall–Kier alpha value is -0.816. The van der Waals surface area contributed by atoms with E-state index in [1.54, 1.807) is 6.20 Å². The van der Waals surface area contributed by atoms with Crippen LogP contribution in [0.4, 0.5) is 0 Å². The van der Waals surface area contributed by atoms with E-state index >= 15 is 0 Å². The van der Waals surface area contributed by atoms with E-state index in [-0.39, 0.29) is 27.0 Å². The van der Waals surface area contributed by atoms with E-state index < -0.39 is 38.0 Å². The molecule has 1 aliphatic rings. The van der Waals surface area contributed by atoms with Crippen molar-refractivity contribution in [1.82, 2.24) is 9.55 Å². The maximum Gasteiger partial charge on any atom is 0.329 e. The molecule has 1 aromatic heterocycles. The summed E-state index contributed by atoms with van der Waals surface area (Å²) in [5.41, 5.74) is -0.418. The Balaban J connectivity index is 2.54. The zero-order valence-corrected chi connectivity index (χ0v) is 26.1. The van der Waals surface area contributed by atoms with Crippen LogP contribution in [0.1, 0.15) is 67.4 Å². The average Bonchev–Trinajstić information content (AvgIpc) is 2.88. The molecule has 1 fully saturated rings. The minimum Gasteiger partial charge on any atom is -0.416 e. The summed E-state index contributed by atoms with van der Waals surface area (Å²) in [7, 11) is -5.72. The predicted octanol–water partition coefficient (Wildman–Crippen LogP) is 4.70. The molecule has 1 saturated heterocycles. The van der Waals surface area contributed by atoms with Crippen molar-refractivity contribution < 1.29 is 13.1 Å². The summed E-state index contributed by atoms with van der Waals surface area (Å²) in [4.78, 5) is 26.5. The summed E-state index contributed by atoms with van der Waals surface area (Å²) in [5.74, 6) is 0. The van der Waals surface area contributed by atoms with Gasteiger partial charge in [-0.15, -0.1) is 0 Å². The average molecular weight is 531 g/mol. The Kier molecular flexibility index (Phi) is 8.28. The highest BCUT2D eigenvalue weighted by molar-refractivity contribution is 7.86. The molecule has 2 rings (SSSR count). The first-order valence-electron chi connectivity index (χ1n) is 12.3. The van der Waals surface area contributed by atoms with Crippen LogP contribution in [-0.4, -0.2) is 48.4 Å². The van der Waals surface area contributed by atoms with Gasteiger partial charge in [0.15, 0.2) is 16.6 Å². The van der Waals surface area contributed by atoms with E-state index in [4.69, 9.17) is 8.85 Å². The van der Waals surface area contributed by atoms with E-state index in [9.17, 15) is 13.8 Å². The molecular formula is C24H46N2O5SSi2. The molecule has 0 unspecified atom stereocenters. The van der Waals surface area contributed by atoms with Crippen LogP contribution in [0, 0.1) is 0 Å². The Bertz CT molecular complexity index is 1040. The fourth-order valence-electron chi connectivity index (χ4n) is 3.71. The molecule has 7 nitrogen and oxygen atoms in total. The van der Waals surface area contributed by atoms with Crippen LogP contribution in [0.2, 0.25) is 36.3 Å². The van der Waals surface area contributed by atoms with Crippen molar-refractivity contribution in [3.05, 3.63) is 32.6 Å². The van der Waals surface area contributed by atoms with Crippen molar-refractivity contribution in [3.8, 4) is 0 Å². The molecule has 0 radical (unpaired) electrons. The third-order valence-electron chi connectivity index (χ3n) is 8.28. The SMILES string of the molecule is CCc1cn([C@@]2(C)C[C@H](O[Si](C)(C)C(C)(C)C)[C@@H](CO[Si](C)(C)C(C)(C)C)[S@]2=O)c(=O)[nH]c1=O. The standard InChI is InChI=1S/C24H46N2O5SSi2/c1-13-17-15-26(21(28)25-20(17)27)24(8)14-18(31-34(11,12)23(5,6)7)19(32(24)29)16-30-33(9,10)22(2,3)4/h15,18-19H,13-14,16H2,1-12H3,(H,25,27,28)/t18-,19+,24+,32+/m0/s1. The highest BCUT2D eigenvalue weighted by Crippen LogP contribution is 2.45. The molecule has 2 heterocycles. The third kappa shape index (κ3) is 5.61. The predicted molar refractivity (Wildman–Crippen MR) is 146 cm³/mol. The highest BCUT2D eigenvalue weighted by Gasteiger charge is 2.55. The molecule has 0 aromatic carbocycles. The van der Waals surface area contributed by atoms with Gasteiger partial charge in [0.2, 0.25) is 0 Å². The van der Waals surface area contributed by atoms with Crippen molar-refractivity contribution in [1.29, 1.82) is 0 Å². The van der Waals surface area contributed by atoms with E-state index in [0.717, 1.165) is 0 Å². The lowest BCUT2D eigenvalue weighted by molar-refractivity contribution is 0.135. The first kappa shape index (κ1) is 29.4. The molecule has 0 aliphatic carbocycles. The van der Waals surface area contributed by atoms with Crippen LogP contribution in [-0.2, 0) is 30.9 Å². The summed E-state index contributed by atoms with van der Waals surface area (Å²) in [6, 6.07) is 0. The van der Waals surface area contributed by atoms with Crippen molar-refractivity contribution in [2.45, 2.75) is 121 Å². The van der Waals surface area contributed by atoms with Crippen molar-refractivity contribution in [3.63, 3.8) is 0 Å². The van der Waals surface area contributed by atoms with Crippen molar-refractivity contribution >= 4 is 27.4 Å². The number of aryl methyl sites for hydroxylation is 1. The fraction of sp³-hybridized carbons (Fsp3) is 0.833. The second-order valence-corrected chi connectivity index (χ2v) is 24.5. The fourth-order valence-corrected chi connectivity index (χ4v) is 8.24. The van der Waals surface area contributed by atoms with Gasteiger partial charge in [-0.25, -0.2) is 4.79 Å². The quantitative estimate of drug-likeness (QED) is 0.516. The van der Waals surface area contributed by atoms with E-state index in [1.807, 2.05) is 13.8 Å². The Labute approximate surface area is 209 Å². The zero-order valence-electron chi connectivity index (χ0n) is 23.3. The van der Waals surface area contributed by atoms with Crippen molar-refractivity contribution in [2.75, 3.05) is 6.61 Å². The Morgan fingerprint density at radius 3 is 2.09 bits per heavy atom. The van der Waals surface area contributed by atoms with Gasteiger partial charge < -0.3 is 8.85 Å². The van der Waals surface area contributed by atoms with Crippen LogP contribution in [0.3, 0.4) is 0 Å². The second kappa shape index (κ2) is 9.57. The molecule has 34 heavy (non-hydrogen) atoms. The molecule has 10 heteroatoms. The maximum absolute atomic E-state index is 14.1. The number of hydrogen-bond acceptors (Lipinski definition) is 5. The van der Waals surface area contributed by atoms with Crippen molar-refractivity contribution in [2.24, 2.45) is 0 Å². The first-order chi connectivity index (χ1) is 15.2. The molecule has 0 saturated carbocycles. The second-order valence-electron chi connectivity index (χ2n) is 12.8. The summed E-state index contributed by atoms with van der Waals surface area (Å²) >= 11 is 0. The third-order valence-corrected chi connectivity index (χ3v) is 19.5. The van der Waals surface area contributed by atoms with Gasteiger partial charge in [-0.3, -0.25) is 18.6 Å². The van der Waals surface area contributed by atoms with Gasteiger partial charge in [-0.2, -0.15) is 0 Å². The normalized spacial score (nSPS) is 26.8. The lowest BCUT2D eigenvalue weighted by Gasteiger charge is -2.40. The Morgan fingerprint density at radius 2 is 1.62 bits per heavy atom. The number of aromatic amines is 1. The van der Waals surface area contributed by atoms with E-state index in [0.29, 0.717) is 25.0 Å². The van der Waals surface area contributed by atoms with Crippen LogP contribution in [0.25, 0.3) is 0 Å². The van der Waals surface area contributed by atoms with Gasteiger partial charge >= 0.3 is 5.69 Å². The largest absolute Gasteiger partial charge is 0.416 e. The topological polar surface area (TPSA) is 90.4 Å². The monoisotopic (exact) mass is 530 g/mol. The molecule has 196 valence electrons. The van der Waals surface area contributed by atoms with Gasteiger partial charge in [-0.05, 0) is 49.6 Å². The summed E-state index contributed by atoms with van der Waals surface area (Å²) < 4.78 is 28.9. The van der Waals surface area contributed by atoms with Crippen LogP contribution in [0.5, 0.6) is 0 Å². The minimum absolute atomic E-state index is 0.0114. The number of rotatable bonds is 7. The molecule has 1 N–H and O–H groups in total. The molecule has 0 bridgehead atoms. The highest BCUT2D eigenvalue weighted by atomic mass is 32.2. The van der Waals surface area contributed by atoms with Crippen LogP contribution < -0.4 is 11.2 Å². The molecular weight excluding hydrogens is 485 g/mol. The molecule has 1 aromatic rings. The van der Waals surface area contributed by atoms with Gasteiger partial charge in [0.1, 0.15) is 4.87 Å². The van der Waals surface area contributed by atoms with Gasteiger partial charge in [-0.1, -0.05) is 48.5 Å². The lowest BCUT2D eigenvalue weighted by atomic mass is 10.1. The molecule has 0 amide bonds.